The number of ether oxygens (including phenoxy) is 1. The van der Waals surface area contributed by atoms with Crippen LogP contribution in [-0.2, 0) is 9.53 Å². The summed E-state index contributed by atoms with van der Waals surface area (Å²) in [5.74, 6) is -1.15. The fraction of sp³-hybridized carbons (Fsp3) is 0.125. The molecule has 0 saturated heterocycles. The van der Waals surface area contributed by atoms with Crippen molar-refractivity contribution in [3.63, 3.8) is 0 Å². The fourth-order valence-corrected chi connectivity index (χ4v) is 2.78. The minimum atomic E-state index is -0.432. The van der Waals surface area contributed by atoms with Crippen molar-refractivity contribution < 1.29 is 18.7 Å². The molecule has 0 spiro atoms. The molecule has 1 aromatic heterocycles. The maximum atomic E-state index is 13.0. The summed E-state index contributed by atoms with van der Waals surface area (Å²) >= 11 is 1.14. The molecule has 2 rings (SSSR count). The third kappa shape index (κ3) is 4.02. The Hall–Kier alpha value is -2.47. The Labute approximate surface area is 131 Å². The lowest BCUT2D eigenvalue weighted by molar-refractivity contribution is -0.111. The molecule has 0 aliphatic heterocycles. The van der Waals surface area contributed by atoms with Gasteiger partial charge >= 0.3 is 5.97 Å². The largest absolute Gasteiger partial charge is 0.465 e. The Morgan fingerprint density at radius 1 is 1.32 bits per heavy atom. The number of esters is 1. The Bertz CT molecular complexity index is 737. The second kappa shape index (κ2) is 7.00. The van der Waals surface area contributed by atoms with Crippen LogP contribution in [-0.4, -0.2) is 19.0 Å². The Morgan fingerprint density at radius 2 is 2.09 bits per heavy atom. The number of hydrogen-bond acceptors (Lipinski definition) is 4. The summed E-state index contributed by atoms with van der Waals surface area (Å²) < 4.78 is 17.7. The average molecular weight is 319 g/mol. The Morgan fingerprint density at radius 3 is 2.77 bits per heavy atom. The van der Waals surface area contributed by atoms with Crippen LogP contribution in [0.4, 0.5) is 9.39 Å². The highest BCUT2D eigenvalue weighted by Gasteiger charge is 2.14. The quantitative estimate of drug-likeness (QED) is 0.691. The summed E-state index contributed by atoms with van der Waals surface area (Å²) in [6.07, 6.45) is 2.82. The van der Waals surface area contributed by atoms with Crippen molar-refractivity contribution in [2.45, 2.75) is 6.92 Å². The van der Waals surface area contributed by atoms with Crippen molar-refractivity contribution in [3.8, 4) is 0 Å². The topological polar surface area (TPSA) is 55.4 Å². The first-order valence-corrected chi connectivity index (χ1v) is 7.24. The van der Waals surface area contributed by atoms with Crippen LogP contribution >= 0.6 is 11.3 Å². The van der Waals surface area contributed by atoms with Gasteiger partial charge in [-0.15, -0.1) is 11.3 Å². The predicted molar refractivity (Wildman–Crippen MR) is 84.5 cm³/mol. The molecule has 1 amide bonds. The summed E-state index contributed by atoms with van der Waals surface area (Å²) in [7, 11) is 1.31. The van der Waals surface area contributed by atoms with Gasteiger partial charge in [0.25, 0.3) is 0 Å². The molecule has 22 heavy (non-hydrogen) atoms. The van der Waals surface area contributed by atoms with Crippen molar-refractivity contribution in [1.82, 2.24) is 0 Å². The number of benzene rings is 1. The molecule has 0 unspecified atom stereocenters. The lowest BCUT2D eigenvalue weighted by Crippen LogP contribution is -2.06. The molecule has 1 N–H and O–H groups in total. The molecule has 6 heteroatoms. The molecular weight excluding hydrogens is 305 g/mol. The SMILES string of the molecule is COC(=O)c1sc(NC(=O)/C=C/c2cccc(F)c2)cc1C. The minimum Gasteiger partial charge on any atom is -0.465 e. The molecule has 4 nitrogen and oxygen atoms in total. The van der Waals surface area contributed by atoms with Crippen LogP contribution in [0.2, 0.25) is 0 Å². The van der Waals surface area contributed by atoms with Crippen LogP contribution in [0.5, 0.6) is 0 Å². The van der Waals surface area contributed by atoms with E-state index in [1.165, 1.54) is 31.4 Å². The second-order valence-electron chi connectivity index (χ2n) is 4.49. The van der Waals surface area contributed by atoms with Gasteiger partial charge in [0.15, 0.2) is 0 Å². The van der Waals surface area contributed by atoms with Crippen molar-refractivity contribution in [3.05, 3.63) is 58.2 Å². The van der Waals surface area contributed by atoms with E-state index in [1.807, 2.05) is 0 Å². The molecule has 0 bridgehead atoms. The normalized spacial score (nSPS) is 10.7. The van der Waals surface area contributed by atoms with Crippen molar-refractivity contribution in [1.29, 1.82) is 0 Å². The summed E-state index contributed by atoms with van der Waals surface area (Å²) in [5.41, 5.74) is 1.33. The van der Waals surface area contributed by atoms with Crippen LogP contribution < -0.4 is 5.32 Å². The monoisotopic (exact) mass is 319 g/mol. The number of aryl methyl sites for hydroxylation is 1. The van der Waals surface area contributed by atoms with Gasteiger partial charge in [-0.1, -0.05) is 12.1 Å². The van der Waals surface area contributed by atoms with E-state index in [4.69, 9.17) is 0 Å². The van der Waals surface area contributed by atoms with Gasteiger partial charge in [-0.05, 0) is 42.3 Å². The lowest BCUT2D eigenvalue weighted by atomic mass is 10.2. The van der Waals surface area contributed by atoms with Gasteiger partial charge in [0, 0.05) is 6.08 Å². The zero-order valence-electron chi connectivity index (χ0n) is 12.1. The van der Waals surface area contributed by atoms with Gasteiger partial charge in [0.1, 0.15) is 10.7 Å². The number of carbonyl (C=O) groups excluding carboxylic acids is 2. The van der Waals surface area contributed by atoms with Crippen LogP contribution in [0.1, 0.15) is 20.8 Å². The molecule has 0 aliphatic carbocycles. The standard InChI is InChI=1S/C16H14FNO3S/c1-10-8-14(22-15(10)16(20)21-2)18-13(19)7-6-11-4-3-5-12(17)9-11/h3-9H,1-2H3,(H,18,19)/b7-6+. The van der Waals surface area contributed by atoms with Gasteiger partial charge in [0.05, 0.1) is 12.1 Å². The number of carbonyl (C=O) groups is 2. The third-order valence-electron chi connectivity index (χ3n) is 2.81. The predicted octanol–water partition coefficient (Wildman–Crippen LogP) is 3.63. The number of anilines is 1. The van der Waals surface area contributed by atoms with Gasteiger partial charge < -0.3 is 10.1 Å². The number of halogens is 1. The molecule has 0 radical (unpaired) electrons. The molecule has 114 valence electrons. The van der Waals surface area contributed by atoms with Crippen LogP contribution in [0.3, 0.4) is 0 Å². The maximum Gasteiger partial charge on any atom is 0.348 e. The first-order chi connectivity index (χ1) is 10.5. The highest BCUT2D eigenvalue weighted by Crippen LogP contribution is 2.27. The van der Waals surface area contributed by atoms with E-state index in [9.17, 15) is 14.0 Å². The van der Waals surface area contributed by atoms with Crippen LogP contribution in [0.15, 0.2) is 36.4 Å². The van der Waals surface area contributed by atoms with Crippen molar-refractivity contribution >= 4 is 34.3 Å². The number of methoxy groups -OCH3 is 1. The zero-order valence-corrected chi connectivity index (χ0v) is 12.9. The lowest BCUT2D eigenvalue weighted by Gasteiger charge is -1.97. The molecule has 0 saturated carbocycles. The second-order valence-corrected chi connectivity index (χ2v) is 5.54. The third-order valence-corrected chi connectivity index (χ3v) is 3.94. The smallest absolute Gasteiger partial charge is 0.348 e. The van der Waals surface area contributed by atoms with E-state index in [1.54, 1.807) is 25.1 Å². The Balaban J connectivity index is 2.05. The number of rotatable bonds is 4. The molecule has 0 aliphatic rings. The summed E-state index contributed by atoms with van der Waals surface area (Å²) in [5, 5.41) is 3.21. The highest BCUT2D eigenvalue weighted by molar-refractivity contribution is 7.18. The van der Waals surface area contributed by atoms with E-state index >= 15 is 0 Å². The van der Waals surface area contributed by atoms with Gasteiger partial charge in [-0.3, -0.25) is 4.79 Å². The maximum absolute atomic E-state index is 13.0. The fourth-order valence-electron chi connectivity index (χ4n) is 1.78. The molecule has 1 aromatic carbocycles. The molecular formula is C16H14FNO3S. The summed E-state index contributed by atoms with van der Waals surface area (Å²) in [6, 6.07) is 7.62. The number of thiophene rings is 1. The summed E-state index contributed by atoms with van der Waals surface area (Å²) in [4.78, 5) is 23.8. The van der Waals surface area contributed by atoms with Gasteiger partial charge in [-0.2, -0.15) is 0 Å². The van der Waals surface area contributed by atoms with Crippen LogP contribution in [0, 0.1) is 12.7 Å². The first-order valence-electron chi connectivity index (χ1n) is 6.43. The zero-order chi connectivity index (χ0) is 16.1. The molecule has 0 atom stereocenters. The van der Waals surface area contributed by atoms with Gasteiger partial charge in [-0.25, -0.2) is 9.18 Å². The first kappa shape index (κ1) is 15.9. The Kier molecular flexibility index (Phi) is 5.06. The van der Waals surface area contributed by atoms with Crippen molar-refractivity contribution in [2.24, 2.45) is 0 Å². The summed E-state index contributed by atoms with van der Waals surface area (Å²) in [6.45, 7) is 1.76. The molecule has 0 fully saturated rings. The van der Waals surface area contributed by atoms with E-state index in [0.717, 1.165) is 16.9 Å². The highest BCUT2D eigenvalue weighted by atomic mass is 32.1. The van der Waals surface area contributed by atoms with E-state index in [-0.39, 0.29) is 11.7 Å². The van der Waals surface area contributed by atoms with Gasteiger partial charge in [0.2, 0.25) is 5.91 Å². The van der Waals surface area contributed by atoms with E-state index < -0.39 is 5.97 Å². The van der Waals surface area contributed by atoms with E-state index in [2.05, 4.69) is 10.1 Å². The number of nitrogens with one attached hydrogen (secondary N) is 1. The van der Waals surface area contributed by atoms with Crippen LogP contribution in [0.25, 0.3) is 6.08 Å². The minimum absolute atomic E-state index is 0.359. The number of hydrogen-bond donors (Lipinski definition) is 1. The molecule has 2 aromatic rings. The van der Waals surface area contributed by atoms with Crippen molar-refractivity contribution in [2.75, 3.05) is 12.4 Å². The average Bonchev–Trinajstić information content (AvgIpc) is 2.85. The molecule has 1 heterocycles. The van der Waals surface area contributed by atoms with E-state index in [0.29, 0.717) is 15.4 Å². The number of amides is 1.